The number of nitrogens with one attached hydrogen (secondary N) is 4. The molecule has 0 atom stereocenters. The van der Waals surface area contributed by atoms with Gasteiger partial charge in [0.25, 0.3) is 23.6 Å². The third kappa shape index (κ3) is 8.21. The minimum Gasteiger partial charge on any atom is -0.277 e. The molecule has 4 aliphatic rings. The first kappa shape index (κ1) is 52.4. The Balaban J connectivity index is 0.806. The number of hydrogen-bond acceptors (Lipinski definition) is 14. The fraction of sp³-hybridized carbons (Fsp3) is 0.346. The number of barbiturate groups is 2. The smallest absolute Gasteiger partial charge is 0.277 e. The molecule has 7 aromatic rings. The van der Waals surface area contributed by atoms with Gasteiger partial charge in [-0.05, 0) is 88.5 Å². The predicted octanol–water partition coefficient (Wildman–Crippen LogP) is 7.08. The molecule has 0 spiro atoms. The summed E-state index contributed by atoms with van der Waals surface area (Å²) in [6, 6.07) is 4.21. The van der Waals surface area contributed by atoms with Gasteiger partial charge < -0.3 is 0 Å². The third-order valence-corrected chi connectivity index (χ3v) is 16.8. The van der Waals surface area contributed by atoms with E-state index in [1.165, 1.54) is 24.3 Å². The van der Waals surface area contributed by atoms with E-state index in [2.05, 4.69) is 41.9 Å². The summed E-state index contributed by atoms with van der Waals surface area (Å²) in [7, 11) is 0. The maximum atomic E-state index is 14.4. The van der Waals surface area contributed by atoms with Gasteiger partial charge >= 0.3 is 12.1 Å². The Bertz CT molecular complexity index is 3470. The van der Waals surface area contributed by atoms with Gasteiger partial charge in [-0.15, -0.1) is 10.2 Å². The number of carbonyl (C=O) groups is 10. The minimum absolute atomic E-state index is 0.0153. The summed E-state index contributed by atoms with van der Waals surface area (Å²) in [4.78, 5) is 134. The summed E-state index contributed by atoms with van der Waals surface area (Å²) < 4.78 is 3.13. The number of carbonyl (C=O) groups excluding carboxylic acids is 10. The maximum absolute atomic E-state index is 14.4. The maximum Gasteiger partial charge on any atom is 0.328 e. The zero-order valence-corrected chi connectivity index (χ0v) is 44.6. The Kier molecular flexibility index (Phi) is 13.2. The van der Waals surface area contributed by atoms with E-state index < -0.39 is 70.1 Å². The molecule has 5 aromatic carbocycles. The molecule has 6 heterocycles. The van der Waals surface area contributed by atoms with Crippen molar-refractivity contribution in [1.29, 1.82) is 0 Å². The Morgan fingerprint density at radius 3 is 1.03 bits per heavy atom. The monoisotopic (exact) mass is 1140 g/mol. The van der Waals surface area contributed by atoms with Crippen LogP contribution >= 0.6 is 46.4 Å². The van der Waals surface area contributed by atoms with Crippen molar-refractivity contribution >= 4 is 149 Å². The van der Waals surface area contributed by atoms with Crippen molar-refractivity contribution in [2.24, 2.45) is 10.8 Å². The molecule has 0 bridgehead atoms. The lowest BCUT2D eigenvalue weighted by atomic mass is 9.77. The van der Waals surface area contributed by atoms with Gasteiger partial charge in [-0.25, -0.2) is 9.59 Å². The molecule has 26 heteroatoms. The number of hydrogen-bond donors (Lipinski definition) is 4. The van der Waals surface area contributed by atoms with E-state index in [0.29, 0.717) is 69.4 Å². The highest BCUT2D eigenvalue weighted by Gasteiger charge is 2.50. The Labute approximate surface area is 461 Å². The van der Waals surface area contributed by atoms with E-state index in [4.69, 9.17) is 46.4 Å². The number of amides is 12. The Morgan fingerprint density at radius 1 is 0.423 bits per heavy atom. The second kappa shape index (κ2) is 19.7. The lowest BCUT2D eigenvalue weighted by Crippen LogP contribution is -2.62. The first-order valence-corrected chi connectivity index (χ1v) is 26.7. The summed E-state index contributed by atoms with van der Waals surface area (Å²) in [5.41, 5.74) is -1.02. The van der Waals surface area contributed by atoms with Crippen LogP contribution in [0.2, 0.25) is 20.1 Å². The normalized spacial score (nSPS) is 17.1. The summed E-state index contributed by atoms with van der Waals surface area (Å²) >= 11 is 28.7. The molecule has 78 heavy (non-hydrogen) atoms. The zero-order valence-electron chi connectivity index (χ0n) is 41.5. The van der Waals surface area contributed by atoms with Crippen LogP contribution in [0.5, 0.6) is 0 Å². The van der Waals surface area contributed by atoms with Crippen molar-refractivity contribution in [2.45, 2.75) is 91.1 Å². The summed E-state index contributed by atoms with van der Waals surface area (Å²) in [5.74, 6) is -4.97. The molecule has 2 aromatic heterocycles. The molecule has 0 unspecified atom stereocenters. The van der Waals surface area contributed by atoms with E-state index in [0.717, 1.165) is 9.80 Å². The first-order chi connectivity index (χ1) is 37.3. The van der Waals surface area contributed by atoms with Gasteiger partial charge in [-0.2, -0.15) is 0 Å². The van der Waals surface area contributed by atoms with Crippen LogP contribution in [0.1, 0.15) is 118 Å². The van der Waals surface area contributed by atoms with Crippen molar-refractivity contribution in [1.82, 2.24) is 61.1 Å². The molecule has 4 N–H and O–H groups in total. The van der Waals surface area contributed by atoms with E-state index in [9.17, 15) is 47.9 Å². The summed E-state index contributed by atoms with van der Waals surface area (Å²) in [6.45, 7) is 3.92. The fourth-order valence-corrected chi connectivity index (χ4v) is 12.8. The molecule has 4 aliphatic heterocycles. The number of nitrogens with zero attached hydrogens (tertiary/aromatic N) is 8. The third-order valence-electron chi connectivity index (χ3n) is 15.7. The average molecular weight is 1140 g/mol. The van der Waals surface area contributed by atoms with Crippen LogP contribution < -0.4 is 21.3 Å². The SMILES string of the molecule is CCC1(CCCc2cn(CCCN3C(=O)c4cc(Cl)c5c6c(Cl)cc7c8c(cc(Cl)c(c9c(Cl)cc(c4c59)C3=O)c86)C(=O)N(CCCn3cc(CCCC4(CC)C(=O)NC(=O)NC4=O)nn3)C7=O)nn2)C(=O)NC(=O)NC1=O. The number of aromatic nitrogens is 6. The van der Waals surface area contributed by atoms with Crippen LogP contribution in [0.3, 0.4) is 0 Å². The number of imide groups is 6. The van der Waals surface area contributed by atoms with Gasteiger partial charge in [-0.3, -0.25) is 78.8 Å². The van der Waals surface area contributed by atoms with Crippen molar-refractivity contribution < 1.29 is 47.9 Å². The summed E-state index contributed by atoms with van der Waals surface area (Å²) in [5, 5.41) is 28.5. The average Bonchev–Trinajstić information content (AvgIpc) is 2.07. The molecule has 0 aliphatic carbocycles. The number of aryl methyl sites for hydroxylation is 4. The standard InChI is InChI=1S/C52H44Cl4N12O10/c1-3-51(45(73)57-49(77)58-46(51)74)11-5-9-23-21-65(63-61-23)13-7-15-67-41(69)25-17-29(53)35-37-31(55)19-27-34-28(20-32(56)38(40(34)37)36-30(54)18-26(42(67)70)33(25)39(35)36)44(72)68(43(27)71)16-8-14-66-22-24(62-64-66)10-6-12-52(4-2)47(75)59-50(78)60-48(52)76/h17-22H,3-16H2,1-2H3,(H2,57,58,73,74,77)(H2,59,60,75,76,78). The van der Waals surface area contributed by atoms with Gasteiger partial charge in [0, 0.05) is 102 Å². The predicted molar refractivity (Wildman–Crippen MR) is 282 cm³/mol. The molecule has 0 radical (unpaired) electrons. The highest BCUT2D eigenvalue weighted by molar-refractivity contribution is 6.56. The van der Waals surface area contributed by atoms with Crippen LogP contribution in [-0.4, -0.2) is 112 Å². The van der Waals surface area contributed by atoms with E-state index in [1.54, 1.807) is 35.6 Å². The second-order valence-corrected chi connectivity index (χ2v) is 21.5. The molecule has 22 nitrogen and oxygen atoms in total. The lowest BCUT2D eigenvalue weighted by Gasteiger charge is -2.32. The molecular weight excluding hydrogens is 1090 g/mol. The van der Waals surface area contributed by atoms with Gasteiger partial charge in [0.1, 0.15) is 10.8 Å². The number of benzene rings is 5. The van der Waals surface area contributed by atoms with Gasteiger partial charge in [0.2, 0.25) is 23.6 Å². The first-order valence-electron chi connectivity index (χ1n) is 25.1. The number of halogens is 4. The van der Waals surface area contributed by atoms with Crippen LogP contribution in [0.25, 0.3) is 43.1 Å². The number of rotatable bonds is 18. The van der Waals surface area contributed by atoms with Crippen LogP contribution in [0.15, 0.2) is 36.7 Å². The van der Waals surface area contributed by atoms with E-state index >= 15 is 0 Å². The highest BCUT2D eigenvalue weighted by Crippen LogP contribution is 2.54. The molecule has 400 valence electrons. The number of fused-ring (bicyclic) bond motifs is 2. The van der Waals surface area contributed by atoms with E-state index in [-0.39, 0.29) is 118 Å². The van der Waals surface area contributed by atoms with Crippen LogP contribution in [0.4, 0.5) is 9.59 Å². The topological polar surface area (TPSA) is 287 Å². The van der Waals surface area contributed by atoms with Crippen molar-refractivity contribution in [3.8, 4) is 0 Å². The van der Waals surface area contributed by atoms with Crippen LogP contribution in [-0.2, 0) is 45.1 Å². The lowest BCUT2D eigenvalue weighted by molar-refractivity contribution is -0.146. The molecule has 2 saturated heterocycles. The Morgan fingerprint density at radius 2 is 0.731 bits per heavy atom. The largest absolute Gasteiger partial charge is 0.328 e. The molecule has 2 fully saturated rings. The van der Waals surface area contributed by atoms with E-state index in [1.807, 2.05) is 0 Å². The van der Waals surface area contributed by atoms with Crippen LogP contribution in [0, 0.1) is 10.8 Å². The zero-order chi connectivity index (χ0) is 55.3. The number of urea groups is 2. The fourth-order valence-electron chi connectivity index (χ4n) is 11.6. The van der Waals surface area contributed by atoms with Gasteiger partial charge in [-0.1, -0.05) is 70.7 Å². The van der Waals surface area contributed by atoms with Gasteiger partial charge in [0.15, 0.2) is 0 Å². The van der Waals surface area contributed by atoms with Gasteiger partial charge in [0.05, 0.1) is 33.6 Å². The molecule has 11 rings (SSSR count). The van der Waals surface area contributed by atoms with Crippen molar-refractivity contribution in [3.05, 3.63) is 90.4 Å². The summed E-state index contributed by atoms with van der Waals surface area (Å²) in [6.07, 6.45) is 6.32. The van der Waals surface area contributed by atoms with Crippen molar-refractivity contribution in [3.63, 3.8) is 0 Å². The minimum atomic E-state index is -1.38. The highest BCUT2D eigenvalue weighted by atomic mass is 35.5. The quantitative estimate of drug-likeness (QED) is 0.0289. The molecule has 0 saturated carbocycles. The second-order valence-electron chi connectivity index (χ2n) is 19.9. The van der Waals surface area contributed by atoms with Crippen molar-refractivity contribution in [2.75, 3.05) is 13.1 Å². The Hall–Kier alpha value is -7.66. The molecule has 12 amide bonds. The molecular formula is C52H44Cl4N12O10.